The number of benzene rings is 1. The van der Waals surface area contributed by atoms with Crippen LogP contribution in [-0.4, -0.2) is 33.3 Å². The lowest BCUT2D eigenvalue weighted by atomic mass is 9.96. The highest BCUT2D eigenvalue weighted by Gasteiger charge is 2.26. The van der Waals surface area contributed by atoms with Crippen molar-refractivity contribution in [1.82, 2.24) is 14.7 Å². The van der Waals surface area contributed by atoms with Crippen LogP contribution in [0.3, 0.4) is 0 Å². The predicted octanol–water partition coefficient (Wildman–Crippen LogP) is 2.88. The van der Waals surface area contributed by atoms with Gasteiger partial charge in [0.05, 0.1) is 11.4 Å². The Morgan fingerprint density at radius 2 is 2.05 bits per heavy atom. The van der Waals surface area contributed by atoms with E-state index < -0.39 is 0 Å². The lowest BCUT2D eigenvalue weighted by Crippen LogP contribution is -2.48. The molecule has 1 aliphatic rings. The van der Waals surface area contributed by atoms with Gasteiger partial charge in [-0.15, -0.1) is 0 Å². The van der Waals surface area contributed by atoms with Crippen LogP contribution in [-0.2, 0) is 6.54 Å². The molecule has 3 rings (SSSR count). The van der Waals surface area contributed by atoms with Crippen molar-refractivity contribution < 1.29 is 0 Å². The Hall–Kier alpha value is -1.65. The summed E-state index contributed by atoms with van der Waals surface area (Å²) in [5, 5.41) is 4.68. The molecule has 118 valence electrons. The van der Waals surface area contributed by atoms with Crippen LogP contribution in [0.25, 0.3) is 5.69 Å². The first-order valence-corrected chi connectivity index (χ1v) is 8.25. The third-order valence-electron chi connectivity index (χ3n) is 4.67. The summed E-state index contributed by atoms with van der Waals surface area (Å²) < 4.78 is 1.98. The molecule has 0 bridgehead atoms. The third kappa shape index (κ3) is 3.23. The maximum atomic E-state index is 6.18. The molecular weight excluding hydrogens is 272 g/mol. The van der Waals surface area contributed by atoms with Gasteiger partial charge in [-0.1, -0.05) is 24.6 Å². The molecule has 4 heteroatoms. The summed E-state index contributed by atoms with van der Waals surface area (Å²) >= 11 is 0. The van der Waals surface area contributed by atoms with Gasteiger partial charge in [-0.2, -0.15) is 5.10 Å². The zero-order valence-electron chi connectivity index (χ0n) is 13.6. The molecule has 1 saturated heterocycles. The first-order chi connectivity index (χ1) is 10.6. The van der Waals surface area contributed by atoms with Crippen LogP contribution in [0.2, 0.25) is 0 Å². The highest BCUT2D eigenvalue weighted by molar-refractivity contribution is 5.32. The van der Waals surface area contributed by atoms with Gasteiger partial charge in [0.25, 0.3) is 0 Å². The van der Waals surface area contributed by atoms with Gasteiger partial charge in [0.1, 0.15) is 0 Å². The molecule has 1 fully saturated rings. The number of hydrogen-bond donors (Lipinski definition) is 1. The molecule has 2 heterocycles. The second kappa shape index (κ2) is 6.63. The largest absolute Gasteiger partial charge is 0.327 e. The minimum Gasteiger partial charge on any atom is -0.327 e. The standard InChI is InChI=1S/C18H26N4/c1-14(19)18-10-6-7-11-21(18)12-16-13-22(20-15(16)2)17-8-4-3-5-9-17/h3-5,8-9,13-14,18H,6-7,10-12,19H2,1-2H3/t14-,18-/m0/s1. The normalized spacial score (nSPS) is 21.0. The van der Waals surface area contributed by atoms with Crippen LogP contribution in [0.15, 0.2) is 36.5 Å². The number of para-hydroxylation sites is 1. The number of piperidine rings is 1. The number of aromatic nitrogens is 2. The first-order valence-electron chi connectivity index (χ1n) is 8.25. The molecule has 0 spiro atoms. The molecule has 2 aromatic rings. The smallest absolute Gasteiger partial charge is 0.0645 e. The van der Waals surface area contributed by atoms with E-state index in [2.05, 4.69) is 42.2 Å². The van der Waals surface area contributed by atoms with Crippen molar-refractivity contribution in [1.29, 1.82) is 0 Å². The van der Waals surface area contributed by atoms with E-state index in [1.807, 2.05) is 22.9 Å². The van der Waals surface area contributed by atoms with Crippen LogP contribution < -0.4 is 5.73 Å². The Labute approximate surface area is 132 Å². The number of likely N-dealkylation sites (tertiary alicyclic amines) is 1. The van der Waals surface area contributed by atoms with E-state index in [0.717, 1.165) is 24.5 Å². The Bertz CT molecular complexity index is 603. The predicted molar refractivity (Wildman–Crippen MR) is 90.0 cm³/mol. The average Bonchev–Trinajstić information content (AvgIpc) is 2.90. The Kier molecular flexibility index (Phi) is 4.60. The molecule has 4 nitrogen and oxygen atoms in total. The Morgan fingerprint density at radius 3 is 2.77 bits per heavy atom. The molecule has 22 heavy (non-hydrogen) atoms. The summed E-state index contributed by atoms with van der Waals surface area (Å²) in [4.78, 5) is 2.54. The molecule has 2 N–H and O–H groups in total. The summed E-state index contributed by atoms with van der Waals surface area (Å²) in [6, 6.07) is 11.0. The molecule has 0 aliphatic carbocycles. The van der Waals surface area contributed by atoms with E-state index in [1.54, 1.807) is 0 Å². The monoisotopic (exact) mass is 298 g/mol. The van der Waals surface area contributed by atoms with E-state index in [1.165, 1.54) is 24.8 Å². The van der Waals surface area contributed by atoms with Crippen LogP contribution in [0.4, 0.5) is 0 Å². The van der Waals surface area contributed by atoms with Gasteiger partial charge >= 0.3 is 0 Å². The summed E-state index contributed by atoms with van der Waals surface area (Å²) in [6.07, 6.45) is 5.95. The number of rotatable bonds is 4. The molecular formula is C18H26N4. The molecule has 0 unspecified atom stereocenters. The second-order valence-electron chi connectivity index (χ2n) is 6.41. The SMILES string of the molecule is Cc1nn(-c2ccccc2)cc1CN1CCCC[C@H]1[C@H](C)N. The fourth-order valence-electron chi connectivity index (χ4n) is 3.39. The van der Waals surface area contributed by atoms with Crippen molar-refractivity contribution in [3.8, 4) is 5.69 Å². The number of nitrogens with zero attached hydrogens (tertiary/aromatic N) is 3. The van der Waals surface area contributed by atoms with Crippen molar-refractivity contribution in [2.45, 2.75) is 51.7 Å². The fraction of sp³-hybridized carbons (Fsp3) is 0.500. The third-order valence-corrected chi connectivity index (χ3v) is 4.67. The van der Waals surface area contributed by atoms with E-state index in [9.17, 15) is 0 Å². The van der Waals surface area contributed by atoms with Crippen LogP contribution in [0.5, 0.6) is 0 Å². The van der Waals surface area contributed by atoms with Gasteiger partial charge < -0.3 is 5.73 Å². The van der Waals surface area contributed by atoms with Crippen LogP contribution in [0, 0.1) is 6.92 Å². The molecule has 1 aliphatic heterocycles. The average molecular weight is 298 g/mol. The highest BCUT2D eigenvalue weighted by atomic mass is 15.3. The minimum atomic E-state index is 0.227. The van der Waals surface area contributed by atoms with Crippen molar-refractivity contribution in [3.05, 3.63) is 47.8 Å². The topological polar surface area (TPSA) is 47.1 Å². The number of nitrogens with two attached hydrogens (primary N) is 1. The molecule has 0 amide bonds. The van der Waals surface area contributed by atoms with Gasteiger partial charge in [0.2, 0.25) is 0 Å². The maximum absolute atomic E-state index is 6.18. The van der Waals surface area contributed by atoms with Gasteiger partial charge in [0.15, 0.2) is 0 Å². The van der Waals surface area contributed by atoms with Crippen molar-refractivity contribution in [2.24, 2.45) is 5.73 Å². The van der Waals surface area contributed by atoms with Gasteiger partial charge in [-0.3, -0.25) is 4.90 Å². The summed E-state index contributed by atoms with van der Waals surface area (Å²) in [7, 11) is 0. The zero-order chi connectivity index (χ0) is 15.5. The molecule has 1 aromatic heterocycles. The zero-order valence-corrected chi connectivity index (χ0v) is 13.6. The van der Waals surface area contributed by atoms with E-state index >= 15 is 0 Å². The summed E-state index contributed by atoms with van der Waals surface area (Å²) in [6.45, 7) is 6.32. The summed E-state index contributed by atoms with van der Waals surface area (Å²) in [5.74, 6) is 0. The van der Waals surface area contributed by atoms with E-state index in [0.29, 0.717) is 6.04 Å². The molecule has 2 atom stereocenters. The Morgan fingerprint density at radius 1 is 1.27 bits per heavy atom. The van der Waals surface area contributed by atoms with Gasteiger partial charge in [-0.25, -0.2) is 4.68 Å². The van der Waals surface area contributed by atoms with Crippen LogP contribution in [0.1, 0.15) is 37.4 Å². The quantitative estimate of drug-likeness (QED) is 0.944. The molecule has 0 radical (unpaired) electrons. The first kappa shape index (κ1) is 15.3. The fourth-order valence-corrected chi connectivity index (χ4v) is 3.39. The lowest BCUT2D eigenvalue weighted by molar-refractivity contribution is 0.123. The molecule has 0 saturated carbocycles. The van der Waals surface area contributed by atoms with Crippen LogP contribution >= 0.6 is 0 Å². The lowest BCUT2D eigenvalue weighted by Gasteiger charge is -2.37. The van der Waals surface area contributed by atoms with E-state index in [4.69, 9.17) is 5.73 Å². The van der Waals surface area contributed by atoms with E-state index in [-0.39, 0.29) is 6.04 Å². The van der Waals surface area contributed by atoms with Gasteiger partial charge in [-0.05, 0) is 45.4 Å². The minimum absolute atomic E-state index is 0.227. The van der Waals surface area contributed by atoms with Crippen molar-refractivity contribution >= 4 is 0 Å². The second-order valence-corrected chi connectivity index (χ2v) is 6.41. The van der Waals surface area contributed by atoms with Crippen molar-refractivity contribution in [3.63, 3.8) is 0 Å². The maximum Gasteiger partial charge on any atom is 0.0645 e. The highest BCUT2D eigenvalue weighted by Crippen LogP contribution is 2.23. The Balaban J connectivity index is 1.79. The summed E-state index contributed by atoms with van der Waals surface area (Å²) in [5.41, 5.74) is 9.70. The number of aryl methyl sites for hydroxylation is 1. The molecule has 1 aromatic carbocycles. The van der Waals surface area contributed by atoms with Gasteiger partial charge in [0, 0.05) is 30.4 Å². The number of hydrogen-bond acceptors (Lipinski definition) is 3. The van der Waals surface area contributed by atoms with Crippen molar-refractivity contribution in [2.75, 3.05) is 6.54 Å².